The number of hydrogen-bond donors (Lipinski definition) is 0. The lowest BCUT2D eigenvalue weighted by Gasteiger charge is -2.19. The first-order valence-corrected chi connectivity index (χ1v) is 21.6. The molecule has 0 saturated heterocycles. The number of rotatable bonds is 3. The van der Waals surface area contributed by atoms with E-state index in [0.717, 1.165) is 21.9 Å². The van der Waals surface area contributed by atoms with Gasteiger partial charge in [0.15, 0.2) is 5.69 Å². The molecule has 0 radical (unpaired) electrons. The van der Waals surface area contributed by atoms with E-state index in [1.54, 1.807) is 0 Å². The Hall–Kier alpha value is -7.83. The highest BCUT2D eigenvalue weighted by Gasteiger charge is 2.19. The van der Waals surface area contributed by atoms with Crippen LogP contribution in [0.4, 0.5) is 5.69 Å². The Labute approximate surface area is 355 Å². The molecule has 0 amide bonds. The van der Waals surface area contributed by atoms with Crippen LogP contribution in [0.5, 0.6) is 0 Å². The normalized spacial score (nSPS) is 11.9. The first kappa shape index (κ1) is 34.1. The van der Waals surface area contributed by atoms with Gasteiger partial charge in [-0.1, -0.05) is 176 Å². The molecular formula is C59H33NS. The van der Waals surface area contributed by atoms with Gasteiger partial charge >= 0.3 is 0 Å². The Morgan fingerprint density at radius 2 is 0.820 bits per heavy atom. The second kappa shape index (κ2) is 13.1. The van der Waals surface area contributed by atoms with E-state index in [2.05, 4.69) is 187 Å². The second-order valence-corrected chi connectivity index (χ2v) is 17.3. The van der Waals surface area contributed by atoms with Crippen LogP contribution in [0.15, 0.2) is 200 Å². The average Bonchev–Trinajstić information content (AvgIpc) is 3.70. The van der Waals surface area contributed by atoms with Crippen LogP contribution in [-0.4, -0.2) is 0 Å². The summed E-state index contributed by atoms with van der Waals surface area (Å²) in [7, 11) is 0. The van der Waals surface area contributed by atoms with Gasteiger partial charge in [0.1, 0.15) is 0 Å². The largest absolute Gasteiger partial charge is 0.238 e. The minimum absolute atomic E-state index is 0.685. The Morgan fingerprint density at radius 1 is 0.311 bits per heavy atom. The molecule has 13 aromatic rings. The van der Waals surface area contributed by atoms with Crippen molar-refractivity contribution in [1.82, 2.24) is 0 Å². The molecule has 0 N–H and O–H groups in total. The van der Waals surface area contributed by atoms with Gasteiger partial charge in [0, 0.05) is 20.2 Å². The molecule has 13 rings (SSSR count). The van der Waals surface area contributed by atoms with Gasteiger partial charge in [-0.25, -0.2) is 4.85 Å². The quantitative estimate of drug-likeness (QED) is 0.0954. The summed E-state index contributed by atoms with van der Waals surface area (Å²) >= 11 is 1.90. The molecule has 0 atom stereocenters. The molecular weight excluding hydrogens is 755 g/mol. The van der Waals surface area contributed by atoms with Crippen molar-refractivity contribution in [2.75, 3.05) is 0 Å². The Balaban J connectivity index is 1.02. The Morgan fingerprint density at radius 3 is 1.49 bits per heavy atom. The molecule has 0 aliphatic carbocycles. The van der Waals surface area contributed by atoms with Crippen molar-refractivity contribution in [2.24, 2.45) is 0 Å². The lowest BCUT2D eigenvalue weighted by Crippen LogP contribution is -1.91. The summed E-state index contributed by atoms with van der Waals surface area (Å²) in [5.74, 6) is 0. The van der Waals surface area contributed by atoms with Crippen LogP contribution in [0.1, 0.15) is 0 Å². The summed E-state index contributed by atoms with van der Waals surface area (Å²) in [6, 6.07) is 73.5. The number of fused-ring (bicyclic) bond motifs is 14. The van der Waals surface area contributed by atoms with Crippen molar-refractivity contribution in [3.8, 4) is 33.4 Å². The van der Waals surface area contributed by atoms with E-state index in [9.17, 15) is 0 Å². The monoisotopic (exact) mass is 787 g/mol. The third kappa shape index (κ3) is 4.99. The van der Waals surface area contributed by atoms with Gasteiger partial charge in [0.25, 0.3) is 0 Å². The molecule has 0 saturated carbocycles. The average molecular weight is 788 g/mol. The minimum atomic E-state index is 0.685. The SMILES string of the molecule is [C-]#[N+]c1ccc(-c2ccc(-c3c4ccccc4c(-c4ccc5c(c4)c4ccccc4c4cc6c(cc54)sc4ccc5ccccc5c46)c4ccccc34)cc2)c2ccccc12. The van der Waals surface area contributed by atoms with E-state index in [0.29, 0.717) is 5.69 Å². The van der Waals surface area contributed by atoms with Crippen LogP contribution in [-0.2, 0) is 0 Å². The van der Waals surface area contributed by atoms with Crippen molar-refractivity contribution in [1.29, 1.82) is 0 Å². The van der Waals surface area contributed by atoms with Gasteiger partial charge in [-0.2, -0.15) is 0 Å². The third-order valence-corrected chi connectivity index (χ3v) is 14.2. The van der Waals surface area contributed by atoms with Crippen LogP contribution in [0.25, 0.3) is 134 Å². The summed E-state index contributed by atoms with van der Waals surface area (Å²) < 4.78 is 2.66. The zero-order valence-corrected chi connectivity index (χ0v) is 33.7. The van der Waals surface area contributed by atoms with Crippen LogP contribution in [0.3, 0.4) is 0 Å². The highest BCUT2D eigenvalue weighted by molar-refractivity contribution is 7.26. The molecule has 0 spiro atoms. The fourth-order valence-corrected chi connectivity index (χ4v) is 11.5. The van der Waals surface area contributed by atoms with Crippen molar-refractivity contribution < 1.29 is 0 Å². The lowest BCUT2D eigenvalue weighted by molar-refractivity contribution is 1.63. The Bertz CT molecular complexity index is 3990. The predicted molar refractivity (Wildman–Crippen MR) is 264 cm³/mol. The molecule has 12 aromatic carbocycles. The number of benzene rings is 12. The fraction of sp³-hybridized carbons (Fsp3) is 0. The van der Waals surface area contributed by atoms with Gasteiger partial charge in [-0.3, -0.25) is 0 Å². The van der Waals surface area contributed by atoms with Crippen molar-refractivity contribution in [2.45, 2.75) is 0 Å². The smallest absolute Gasteiger partial charge is 0.194 e. The molecule has 61 heavy (non-hydrogen) atoms. The number of thiophene rings is 1. The van der Waals surface area contributed by atoms with Crippen LogP contribution < -0.4 is 0 Å². The lowest BCUT2D eigenvalue weighted by atomic mass is 9.84. The van der Waals surface area contributed by atoms with Gasteiger partial charge in [-0.05, 0) is 133 Å². The topological polar surface area (TPSA) is 4.36 Å². The molecule has 0 bridgehead atoms. The molecule has 2 heteroatoms. The molecule has 1 nitrogen and oxygen atoms in total. The van der Waals surface area contributed by atoms with Crippen molar-refractivity contribution in [3.05, 3.63) is 212 Å². The molecule has 0 fully saturated rings. The molecule has 280 valence electrons. The maximum absolute atomic E-state index is 7.71. The van der Waals surface area contributed by atoms with Gasteiger partial charge in [0.05, 0.1) is 6.57 Å². The minimum Gasteiger partial charge on any atom is -0.238 e. The van der Waals surface area contributed by atoms with Gasteiger partial charge in [0.2, 0.25) is 0 Å². The van der Waals surface area contributed by atoms with E-state index in [1.807, 2.05) is 29.5 Å². The summed E-state index contributed by atoms with van der Waals surface area (Å²) in [5.41, 5.74) is 7.86. The van der Waals surface area contributed by atoms with Gasteiger partial charge < -0.3 is 0 Å². The highest BCUT2D eigenvalue weighted by atomic mass is 32.1. The highest BCUT2D eigenvalue weighted by Crippen LogP contribution is 2.48. The van der Waals surface area contributed by atoms with Crippen LogP contribution >= 0.6 is 11.3 Å². The molecule has 0 aliphatic rings. The third-order valence-electron chi connectivity index (χ3n) is 13.0. The van der Waals surface area contributed by atoms with E-state index in [-0.39, 0.29) is 0 Å². The zero-order valence-electron chi connectivity index (χ0n) is 32.9. The van der Waals surface area contributed by atoms with E-state index >= 15 is 0 Å². The summed E-state index contributed by atoms with van der Waals surface area (Å²) in [6.07, 6.45) is 0. The van der Waals surface area contributed by atoms with E-state index in [4.69, 9.17) is 6.57 Å². The van der Waals surface area contributed by atoms with Gasteiger partial charge in [-0.15, -0.1) is 11.3 Å². The Kier molecular flexibility index (Phi) is 7.31. The molecule has 0 unspecified atom stereocenters. The zero-order chi connectivity index (χ0) is 40.2. The van der Waals surface area contributed by atoms with Crippen LogP contribution in [0.2, 0.25) is 0 Å². The van der Waals surface area contributed by atoms with Crippen molar-refractivity contribution >= 4 is 113 Å². The maximum atomic E-state index is 7.71. The predicted octanol–water partition coefficient (Wildman–Crippen LogP) is 17.7. The fourth-order valence-electron chi connectivity index (χ4n) is 10.3. The molecule has 1 heterocycles. The summed E-state index contributed by atoms with van der Waals surface area (Å²) in [4.78, 5) is 3.79. The summed E-state index contributed by atoms with van der Waals surface area (Å²) in [6.45, 7) is 7.71. The van der Waals surface area contributed by atoms with Crippen molar-refractivity contribution in [3.63, 3.8) is 0 Å². The van der Waals surface area contributed by atoms with E-state index < -0.39 is 0 Å². The molecule has 0 aliphatic heterocycles. The first-order chi connectivity index (χ1) is 30.2. The standard InChI is InChI=1S/C59H33NS/c1-60-54-30-29-39(41-14-6-7-17-45(41)54)36-22-24-37(25-23-36)57-46-18-8-10-20-48(46)58(49-21-11-9-19-47(49)57)38-26-28-44-50(32-38)42-15-4-5-16-43(42)51-33-53-56(34-52(44)51)61-55-31-27-35-12-2-3-13-40(35)59(53)55/h2-34H. The summed E-state index contributed by atoms with van der Waals surface area (Å²) in [5, 5.41) is 20.1. The molecule has 1 aromatic heterocycles. The maximum Gasteiger partial charge on any atom is 0.194 e. The van der Waals surface area contributed by atoms with E-state index in [1.165, 1.54) is 107 Å². The second-order valence-electron chi connectivity index (χ2n) is 16.2. The first-order valence-electron chi connectivity index (χ1n) is 20.8. The number of nitrogens with zero attached hydrogens (tertiary/aromatic N) is 1. The van der Waals surface area contributed by atoms with Crippen LogP contribution in [0, 0.1) is 6.57 Å². The number of hydrogen-bond acceptors (Lipinski definition) is 1.